The molecule has 1 aliphatic heterocycles. The van der Waals surface area contributed by atoms with Crippen molar-refractivity contribution in [3.63, 3.8) is 0 Å². The number of carbonyl (C=O) groups is 1. The van der Waals surface area contributed by atoms with Crippen LogP contribution in [-0.2, 0) is 14.6 Å². The number of aliphatic imine (C=N–C) groups is 1. The Morgan fingerprint density at radius 3 is 2.71 bits per heavy atom. The molecule has 0 saturated carbocycles. The number of nitrogens with zero attached hydrogens (tertiary/aromatic N) is 2. The monoisotopic (exact) mass is 360 g/mol. The summed E-state index contributed by atoms with van der Waals surface area (Å²) in [4.78, 5) is 18.3. The summed E-state index contributed by atoms with van der Waals surface area (Å²) in [5.74, 6) is 1.50. The van der Waals surface area contributed by atoms with Gasteiger partial charge in [0.2, 0.25) is 5.91 Å². The molecule has 0 spiro atoms. The van der Waals surface area contributed by atoms with Gasteiger partial charge in [-0.1, -0.05) is 6.92 Å². The molecule has 2 atom stereocenters. The number of piperidine rings is 1. The Morgan fingerprint density at radius 1 is 1.42 bits per heavy atom. The van der Waals surface area contributed by atoms with Gasteiger partial charge in [0.15, 0.2) is 5.96 Å². The molecular weight excluding hydrogens is 328 g/mol. The third kappa shape index (κ3) is 8.52. The zero-order valence-corrected chi connectivity index (χ0v) is 16.2. The minimum absolute atomic E-state index is 0.00966. The maximum atomic E-state index is 12.2. The molecule has 0 bridgehead atoms. The molecule has 1 saturated heterocycles. The maximum Gasteiger partial charge on any atom is 0.224 e. The van der Waals surface area contributed by atoms with Crippen molar-refractivity contribution in [2.24, 2.45) is 10.9 Å². The van der Waals surface area contributed by atoms with Gasteiger partial charge in [-0.15, -0.1) is 0 Å². The van der Waals surface area contributed by atoms with E-state index in [9.17, 15) is 13.2 Å². The molecule has 7 nitrogen and oxygen atoms in total. The van der Waals surface area contributed by atoms with Crippen LogP contribution >= 0.6 is 0 Å². The van der Waals surface area contributed by atoms with Crippen molar-refractivity contribution in [3.05, 3.63) is 0 Å². The Balaban J connectivity index is 2.29. The van der Waals surface area contributed by atoms with Gasteiger partial charge in [0.05, 0.1) is 5.75 Å². The highest BCUT2D eigenvalue weighted by atomic mass is 32.2. The number of nitrogens with one attached hydrogen (secondary N) is 2. The number of sulfone groups is 1. The third-order valence-electron chi connectivity index (χ3n) is 4.17. The molecule has 8 heteroatoms. The van der Waals surface area contributed by atoms with Gasteiger partial charge in [-0.25, -0.2) is 8.42 Å². The van der Waals surface area contributed by atoms with E-state index >= 15 is 0 Å². The van der Waals surface area contributed by atoms with Crippen LogP contribution in [-0.4, -0.2) is 69.9 Å². The second-order valence-electron chi connectivity index (χ2n) is 6.80. The molecule has 1 rings (SSSR count). The normalized spacial score (nSPS) is 20.6. The van der Waals surface area contributed by atoms with Gasteiger partial charge in [-0.05, 0) is 32.1 Å². The maximum absolute atomic E-state index is 12.2. The summed E-state index contributed by atoms with van der Waals surface area (Å²) < 4.78 is 22.4. The summed E-state index contributed by atoms with van der Waals surface area (Å²) in [5, 5.41) is 6.27. The first-order chi connectivity index (χ1) is 11.2. The van der Waals surface area contributed by atoms with E-state index in [1.54, 1.807) is 7.05 Å². The van der Waals surface area contributed by atoms with Crippen LogP contribution in [0.15, 0.2) is 4.99 Å². The summed E-state index contributed by atoms with van der Waals surface area (Å²) in [5.41, 5.74) is 0. The SMILES string of the molecule is CN=C(NCCC(=O)N1CCCC(C)C1)NC(C)CCS(C)(=O)=O. The van der Waals surface area contributed by atoms with Gasteiger partial charge < -0.3 is 15.5 Å². The van der Waals surface area contributed by atoms with Crippen LogP contribution in [0.2, 0.25) is 0 Å². The molecule has 0 aromatic heterocycles. The van der Waals surface area contributed by atoms with E-state index in [0.717, 1.165) is 19.5 Å². The Labute approximate surface area is 146 Å². The van der Waals surface area contributed by atoms with E-state index in [0.29, 0.717) is 31.3 Å². The van der Waals surface area contributed by atoms with Crippen molar-refractivity contribution in [1.82, 2.24) is 15.5 Å². The number of rotatable bonds is 7. The molecule has 2 unspecified atom stereocenters. The third-order valence-corrected chi connectivity index (χ3v) is 5.15. The fraction of sp³-hybridized carbons (Fsp3) is 0.875. The summed E-state index contributed by atoms with van der Waals surface area (Å²) in [6.45, 7) is 6.33. The van der Waals surface area contributed by atoms with Crippen molar-refractivity contribution in [2.75, 3.05) is 38.7 Å². The van der Waals surface area contributed by atoms with E-state index in [1.807, 2.05) is 11.8 Å². The van der Waals surface area contributed by atoms with Gasteiger partial charge in [-0.3, -0.25) is 9.79 Å². The van der Waals surface area contributed by atoms with Gasteiger partial charge in [0.1, 0.15) is 9.84 Å². The summed E-state index contributed by atoms with van der Waals surface area (Å²) in [6.07, 6.45) is 4.47. The second-order valence-corrected chi connectivity index (χ2v) is 9.06. The number of hydrogen-bond acceptors (Lipinski definition) is 4. The number of carbonyl (C=O) groups excluding carboxylic acids is 1. The Hall–Kier alpha value is -1.31. The summed E-state index contributed by atoms with van der Waals surface area (Å²) in [6, 6.07) is -0.00966. The average molecular weight is 361 g/mol. The lowest BCUT2D eigenvalue weighted by atomic mass is 10.00. The summed E-state index contributed by atoms with van der Waals surface area (Å²) in [7, 11) is -1.30. The molecule has 0 radical (unpaired) electrons. The van der Waals surface area contributed by atoms with Crippen molar-refractivity contribution in [1.29, 1.82) is 0 Å². The molecule has 1 aliphatic rings. The molecular formula is C16H32N4O3S. The first-order valence-electron chi connectivity index (χ1n) is 8.64. The van der Waals surface area contributed by atoms with Crippen LogP contribution in [0, 0.1) is 5.92 Å². The highest BCUT2D eigenvalue weighted by Gasteiger charge is 2.20. The Bertz CT molecular complexity index is 533. The standard InChI is InChI=1S/C16H32N4O3S/c1-13-6-5-10-20(12-13)15(21)7-9-18-16(17-3)19-14(2)8-11-24(4,22)23/h13-14H,5-12H2,1-4H3,(H2,17,18,19). The predicted molar refractivity (Wildman–Crippen MR) is 97.9 cm³/mol. The number of guanidine groups is 1. The second kappa shape index (κ2) is 9.86. The summed E-state index contributed by atoms with van der Waals surface area (Å²) >= 11 is 0. The van der Waals surface area contributed by atoms with Gasteiger partial charge in [0, 0.05) is 45.4 Å². The van der Waals surface area contributed by atoms with Crippen LogP contribution in [0.5, 0.6) is 0 Å². The van der Waals surface area contributed by atoms with Gasteiger partial charge in [0.25, 0.3) is 0 Å². The minimum Gasteiger partial charge on any atom is -0.356 e. The zero-order chi connectivity index (χ0) is 18.2. The molecule has 0 aromatic carbocycles. The highest BCUT2D eigenvalue weighted by Crippen LogP contribution is 2.15. The topological polar surface area (TPSA) is 90.9 Å². The minimum atomic E-state index is -2.96. The molecule has 0 aromatic rings. The molecule has 140 valence electrons. The van der Waals surface area contributed by atoms with Gasteiger partial charge >= 0.3 is 0 Å². The van der Waals surface area contributed by atoms with Crippen molar-refractivity contribution in [2.45, 2.75) is 45.6 Å². The fourth-order valence-electron chi connectivity index (χ4n) is 2.75. The van der Waals surface area contributed by atoms with Gasteiger partial charge in [-0.2, -0.15) is 0 Å². The number of amides is 1. The lowest BCUT2D eigenvalue weighted by Crippen LogP contribution is -2.45. The predicted octanol–water partition coefficient (Wildman–Crippen LogP) is 0.623. The molecule has 1 amide bonds. The van der Waals surface area contributed by atoms with E-state index < -0.39 is 9.84 Å². The van der Waals surface area contributed by atoms with Crippen LogP contribution in [0.3, 0.4) is 0 Å². The van der Waals surface area contributed by atoms with Crippen LogP contribution in [0.25, 0.3) is 0 Å². The molecule has 0 aliphatic carbocycles. The highest BCUT2D eigenvalue weighted by molar-refractivity contribution is 7.90. The quantitative estimate of drug-likeness (QED) is 0.513. The number of likely N-dealkylation sites (tertiary alicyclic amines) is 1. The van der Waals surface area contributed by atoms with E-state index in [-0.39, 0.29) is 17.7 Å². The molecule has 1 fully saturated rings. The van der Waals surface area contributed by atoms with Crippen LogP contribution in [0.1, 0.15) is 39.5 Å². The largest absolute Gasteiger partial charge is 0.356 e. The smallest absolute Gasteiger partial charge is 0.224 e. The molecule has 2 N–H and O–H groups in total. The van der Waals surface area contributed by atoms with Crippen LogP contribution in [0.4, 0.5) is 0 Å². The van der Waals surface area contributed by atoms with Crippen molar-refractivity contribution < 1.29 is 13.2 Å². The lowest BCUT2D eigenvalue weighted by Gasteiger charge is -2.31. The molecule has 1 heterocycles. The van der Waals surface area contributed by atoms with Crippen LogP contribution < -0.4 is 10.6 Å². The number of hydrogen-bond donors (Lipinski definition) is 2. The van der Waals surface area contributed by atoms with E-state index in [1.165, 1.54) is 12.7 Å². The van der Waals surface area contributed by atoms with Crippen molar-refractivity contribution >= 4 is 21.7 Å². The molecule has 24 heavy (non-hydrogen) atoms. The lowest BCUT2D eigenvalue weighted by molar-refractivity contribution is -0.132. The average Bonchev–Trinajstić information content (AvgIpc) is 2.51. The first-order valence-corrected chi connectivity index (χ1v) is 10.7. The zero-order valence-electron chi connectivity index (χ0n) is 15.3. The first kappa shape index (κ1) is 20.7. The Kier molecular flexibility index (Phi) is 8.52. The fourth-order valence-corrected chi connectivity index (χ4v) is 3.53. The van der Waals surface area contributed by atoms with E-state index in [4.69, 9.17) is 0 Å². The van der Waals surface area contributed by atoms with E-state index in [2.05, 4.69) is 22.5 Å². The van der Waals surface area contributed by atoms with Crippen molar-refractivity contribution in [3.8, 4) is 0 Å². The Morgan fingerprint density at radius 2 is 2.12 bits per heavy atom.